The second-order valence-corrected chi connectivity index (χ2v) is 6.71. The van der Waals surface area contributed by atoms with E-state index in [1.807, 2.05) is 32.9 Å². The van der Waals surface area contributed by atoms with Crippen molar-refractivity contribution in [2.24, 2.45) is 0 Å². The topological polar surface area (TPSA) is 46.6 Å². The fourth-order valence-electron chi connectivity index (χ4n) is 1.94. The number of ketones is 1. The molecule has 1 aliphatic rings. The SMILES string of the molecule is CC(C)(C)OC(=O)N1CCC(=O)c2ccc(I)cc21. The van der Waals surface area contributed by atoms with Crippen molar-refractivity contribution in [2.75, 3.05) is 11.4 Å². The summed E-state index contributed by atoms with van der Waals surface area (Å²) in [5.74, 6) is 0.0752. The van der Waals surface area contributed by atoms with Gasteiger partial charge in [0.1, 0.15) is 5.60 Å². The first-order valence-corrected chi connectivity index (χ1v) is 7.19. The molecule has 2 rings (SSSR count). The highest BCUT2D eigenvalue weighted by molar-refractivity contribution is 14.1. The van der Waals surface area contributed by atoms with E-state index in [9.17, 15) is 9.59 Å². The van der Waals surface area contributed by atoms with Crippen molar-refractivity contribution >= 4 is 40.2 Å². The minimum absolute atomic E-state index is 0.0752. The number of hydrogen-bond donors (Lipinski definition) is 0. The van der Waals surface area contributed by atoms with Crippen LogP contribution in [-0.2, 0) is 4.74 Å². The smallest absolute Gasteiger partial charge is 0.414 e. The molecule has 1 heterocycles. The van der Waals surface area contributed by atoms with Gasteiger partial charge in [-0.15, -0.1) is 0 Å². The van der Waals surface area contributed by atoms with Gasteiger partial charge >= 0.3 is 6.09 Å². The van der Waals surface area contributed by atoms with Crippen LogP contribution in [0, 0.1) is 3.57 Å². The van der Waals surface area contributed by atoms with E-state index in [-0.39, 0.29) is 5.78 Å². The molecule has 0 aliphatic carbocycles. The number of benzene rings is 1. The van der Waals surface area contributed by atoms with Crippen LogP contribution in [0.2, 0.25) is 0 Å². The van der Waals surface area contributed by atoms with Gasteiger partial charge < -0.3 is 4.74 Å². The highest BCUT2D eigenvalue weighted by Crippen LogP contribution is 2.30. The standard InChI is InChI=1S/C14H16INO3/c1-14(2,3)19-13(18)16-7-6-12(17)10-5-4-9(15)8-11(10)16/h4-5,8H,6-7H2,1-3H3. The number of amides is 1. The normalized spacial score (nSPS) is 15.2. The average Bonchev–Trinajstić information content (AvgIpc) is 2.26. The molecule has 0 saturated carbocycles. The van der Waals surface area contributed by atoms with E-state index in [1.54, 1.807) is 11.0 Å². The third-order valence-electron chi connectivity index (χ3n) is 2.73. The summed E-state index contributed by atoms with van der Waals surface area (Å²) in [4.78, 5) is 25.6. The Bertz CT molecular complexity index is 534. The zero-order valence-electron chi connectivity index (χ0n) is 11.2. The lowest BCUT2D eigenvalue weighted by Gasteiger charge is -2.31. The lowest BCUT2D eigenvalue weighted by Crippen LogP contribution is -2.41. The van der Waals surface area contributed by atoms with Gasteiger partial charge in [-0.05, 0) is 61.6 Å². The Balaban J connectivity index is 2.35. The summed E-state index contributed by atoms with van der Waals surface area (Å²) in [7, 11) is 0. The Labute approximate surface area is 126 Å². The van der Waals surface area contributed by atoms with E-state index < -0.39 is 11.7 Å². The third kappa shape index (κ3) is 3.26. The summed E-state index contributed by atoms with van der Waals surface area (Å²) < 4.78 is 6.37. The maximum Gasteiger partial charge on any atom is 0.414 e. The van der Waals surface area contributed by atoms with E-state index in [2.05, 4.69) is 22.6 Å². The van der Waals surface area contributed by atoms with Crippen LogP contribution in [0.1, 0.15) is 37.6 Å². The van der Waals surface area contributed by atoms with Crippen LogP contribution in [0.25, 0.3) is 0 Å². The molecule has 1 amide bonds. The lowest BCUT2D eigenvalue weighted by molar-refractivity contribution is 0.0577. The number of halogens is 1. The Kier molecular flexibility index (Phi) is 3.85. The van der Waals surface area contributed by atoms with Crippen molar-refractivity contribution in [2.45, 2.75) is 32.8 Å². The lowest BCUT2D eigenvalue weighted by atomic mass is 10.0. The molecule has 1 aliphatic heterocycles. The molecule has 0 unspecified atom stereocenters. The zero-order chi connectivity index (χ0) is 14.2. The second kappa shape index (κ2) is 5.11. The van der Waals surface area contributed by atoms with E-state index in [4.69, 9.17) is 4.74 Å². The molecule has 1 aromatic carbocycles. The minimum Gasteiger partial charge on any atom is -0.443 e. The van der Waals surface area contributed by atoms with Crippen LogP contribution in [0.15, 0.2) is 18.2 Å². The molecular weight excluding hydrogens is 357 g/mol. The molecular formula is C14H16INO3. The number of nitrogens with zero attached hydrogens (tertiary/aromatic N) is 1. The predicted octanol–water partition coefficient (Wildman–Crippen LogP) is 3.62. The van der Waals surface area contributed by atoms with Crippen LogP contribution >= 0.6 is 22.6 Å². The number of anilines is 1. The molecule has 0 fully saturated rings. The number of fused-ring (bicyclic) bond motifs is 1. The molecule has 0 bridgehead atoms. The first-order chi connectivity index (χ1) is 8.78. The summed E-state index contributed by atoms with van der Waals surface area (Å²) in [5.41, 5.74) is 0.704. The van der Waals surface area contributed by atoms with Gasteiger partial charge in [-0.1, -0.05) is 0 Å². The second-order valence-electron chi connectivity index (χ2n) is 5.47. The maximum atomic E-state index is 12.2. The Morgan fingerprint density at radius 3 is 2.68 bits per heavy atom. The summed E-state index contributed by atoms with van der Waals surface area (Å²) in [6.45, 7) is 5.86. The van der Waals surface area contributed by atoms with E-state index >= 15 is 0 Å². The highest BCUT2D eigenvalue weighted by Gasteiger charge is 2.30. The summed E-state index contributed by atoms with van der Waals surface area (Å²) in [6.07, 6.45) is -0.0597. The van der Waals surface area contributed by atoms with Crippen LogP contribution in [0.4, 0.5) is 10.5 Å². The molecule has 4 nitrogen and oxygen atoms in total. The van der Waals surface area contributed by atoms with Crippen molar-refractivity contribution in [1.82, 2.24) is 0 Å². The molecule has 102 valence electrons. The van der Waals surface area contributed by atoms with Crippen molar-refractivity contribution in [3.05, 3.63) is 27.3 Å². The summed E-state index contributed by atoms with van der Waals surface area (Å²) >= 11 is 2.16. The van der Waals surface area contributed by atoms with Gasteiger partial charge in [0.05, 0.1) is 5.69 Å². The number of carbonyl (C=O) groups is 2. The maximum absolute atomic E-state index is 12.2. The Morgan fingerprint density at radius 1 is 1.37 bits per heavy atom. The number of rotatable bonds is 0. The first-order valence-electron chi connectivity index (χ1n) is 6.11. The van der Waals surface area contributed by atoms with Crippen LogP contribution in [0.3, 0.4) is 0 Å². The third-order valence-corrected chi connectivity index (χ3v) is 3.40. The molecule has 0 radical (unpaired) electrons. The molecule has 0 spiro atoms. The van der Waals surface area contributed by atoms with Crippen LogP contribution in [-0.4, -0.2) is 24.0 Å². The number of carbonyl (C=O) groups excluding carboxylic acids is 2. The van der Waals surface area contributed by atoms with Gasteiger partial charge in [-0.2, -0.15) is 0 Å². The molecule has 0 aromatic heterocycles. The largest absolute Gasteiger partial charge is 0.443 e. The van der Waals surface area contributed by atoms with E-state index in [0.29, 0.717) is 24.2 Å². The van der Waals surface area contributed by atoms with E-state index in [1.165, 1.54) is 0 Å². The summed E-state index contributed by atoms with van der Waals surface area (Å²) in [5, 5.41) is 0. The summed E-state index contributed by atoms with van der Waals surface area (Å²) in [6, 6.07) is 5.49. The predicted molar refractivity (Wildman–Crippen MR) is 81.7 cm³/mol. The van der Waals surface area contributed by atoms with Crippen LogP contribution < -0.4 is 4.90 Å². The number of Topliss-reactive ketones (excluding diaryl/α,β-unsaturated/α-hetero) is 1. The van der Waals surface area contributed by atoms with Crippen molar-refractivity contribution in [1.29, 1.82) is 0 Å². The molecule has 0 N–H and O–H groups in total. The Morgan fingerprint density at radius 2 is 2.05 bits per heavy atom. The van der Waals surface area contributed by atoms with Crippen molar-refractivity contribution < 1.29 is 14.3 Å². The Hall–Kier alpha value is -1.11. The fraction of sp³-hybridized carbons (Fsp3) is 0.429. The van der Waals surface area contributed by atoms with Gasteiger partial charge in [0.2, 0.25) is 0 Å². The number of hydrogen-bond acceptors (Lipinski definition) is 3. The van der Waals surface area contributed by atoms with Gasteiger partial charge in [0.15, 0.2) is 5.78 Å². The van der Waals surface area contributed by atoms with Gasteiger partial charge in [0, 0.05) is 22.1 Å². The van der Waals surface area contributed by atoms with Crippen molar-refractivity contribution in [3.63, 3.8) is 0 Å². The molecule has 0 atom stereocenters. The minimum atomic E-state index is -0.541. The first kappa shape index (κ1) is 14.3. The molecule has 19 heavy (non-hydrogen) atoms. The van der Waals surface area contributed by atoms with Gasteiger partial charge in [-0.3, -0.25) is 9.69 Å². The molecule has 0 saturated heterocycles. The monoisotopic (exact) mass is 373 g/mol. The molecule has 1 aromatic rings. The quantitative estimate of drug-likeness (QED) is 0.653. The fourth-order valence-corrected chi connectivity index (χ4v) is 2.41. The molecule has 5 heteroatoms. The van der Waals surface area contributed by atoms with E-state index in [0.717, 1.165) is 3.57 Å². The van der Waals surface area contributed by atoms with Gasteiger partial charge in [-0.25, -0.2) is 4.79 Å². The highest BCUT2D eigenvalue weighted by atomic mass is 127. The van der Waals surface area contributed by atoms with Crippen molar-refractivity contribution in [3.8, 4) is 0 Å². The zero-order valence-corrected chi connectivity index (χ0v) is 13.4. The average molecular weight is 373 g/mol. The van der Waals surface area contributed by atoms with Crippen LogP contribution in [0.5, 0.6) is 0 Å². The van der Waals surface area contributed by atoms with Gasteiger partial charge in [0.25, 0.3) is 0 Å². The number of ether oxygens (including phenoxy) is 1.